The van der Waals surface area contributed by atoms with Crippen LogP contribution >= 0.6 is 0 Å². The van der Waals surface area contributed by atoms with Gasteiger partial charge in [-0.2, -0.15) is 0 Å². The van der Waals surface area contributed by atoms with Crippen molar-refractivity contribution in [2.24, 2.45) is 29.6 Å². The number of carboxylic acids is 1. The lowest BCUT2D eigenvalue weighted by Crippen LogP contribution is -2.53. The van der Waals surface area contributed by atoms with Gasteiger partial charge in [-0.05, 0) is 37.5 Å². The topological polar surface area (TPSA) is 54.4 Å². The Labute approximate surface area is 82.5 Å². The van der Waals surface area contributed by atoms with E-state index < -0.39 is 5.97 Å². The van der Waals surface area contributed by atoms with Crippen molar-refractivity contribution in [2.75, 3.05) is 0 Å². The second kappa shape index (κ2) is 2.59. The maximum atomic E-state index is 11.8. The van der Waals surface area contributed by atoms with Crippen molar-refractivity contribution in [2.45, 2.75) is 25.7 Å². The van der Waals surface area contributed by atoms with Crippen molar-refractivity contribution in [1.82, 2.24) is 0 Å². The van der Waals surface area contributed by atoms with Crippen LogP contribution in [0.5, 0.6) is 0 Å². The molecular weight excluding hydrogens is 180 g/mol. The van der Waals surface area contributed by atoms with Crippen LogP contribution in [0.4, 0.5) is 0 Å². The first-order valence-corrected chi connectivity index (χ1v) is 5.43. The molecule has 76 valence electrons. The summed E-state index contributed by atoms with van der Waals surface area (Å²) in [5, 5.41) is 9.11. The van der Waals surface area contributed by atoms with Gasteiger partial charge in [-0.1, -0.05) is 0 Å². The Kier molecular flexibility index (Phi) is 1.56. The average molecular weight is 194 g/mol. The zero-order chi connectivity index (χ0) is 9.87. The van der Waals surface area contributed by atoms with E-state index in [0.29, 0.717) is 11.8 Å². The lowest BCUT2D eigenvalue weighted by atomic mass is 9.51. The molecule has 0 saturated heterocycles. The van der Waals surface area contributed by atoms with E-state index in [0.717, 1.165) is 25.7 Å². The Balaban J connectivity index is 1.97. The van der Waals surface area contributed by atoms with Gasteiger partial charge in [0, 0.05) is 11.8 Å². The lowest BCUT2D eigenvalue weighted by molar-refractivity contribution is -0.164. The monoisotopic (exact) mass is 194 g/mol. The summed E-state index contributed by atoms with van der Waals surface area (Å²) in [6.07, 6.45) is 3.79. The number of hydrogen-bond acceptors (Lipinski definition) is 2. The van der Waals surface area contributed by atoms with Crippen LogP contribution in [0.3, 0.4) is 0 Å². The fraction of sp³-hybridized carbons (Fsp3) is 0.818. The van der Waals surface area contributed by atoms with Crippen molar-refractivity contribution in [3.8, 4) is 0 Å². The van der Waals surface area contributed by atoms with Crippen LogP contribution in [0.25, 0.3) is 0 Å². The largest absolute Gasteiger partial charge is 0.481 e. The third-order valence-corrected chi connectivity index (χ3v) is 4.42. The van der Waals surface area contributed by atoms with Gasteiger partial charge in [-0.25, -0.2) is 0 Å². The quantitative estimate of drug-likeness (QED) is 0.685. The number of carbonyl (C=O) groups is 2. The van der Waals surface area contributed by atoms with E-state index in [2.05, 4.69) is 0 Å². The molecule has 0 heterocycles. The zero-order valence-electron chi connectivity index (χ0n) is 7.98. The summed E-state index contributed by atoms with van der Waals surface area (Å²) in [5.41, 5.74) is 0. The molecule has 5 atom stereocenters. The predicted molar refractivity (Wildman–Crippen MR) is 48.6 cm³/mol. The summed E-state index contributed by atoms with van der Waals surface area (Å²) in [7, 11) is 0. The molecule has 0 unspecified atom stereocenters. The highest BCUT2D eigenvalue weighted by molar-refractivity contribution is 5.90. The Bertz CT molecular complexity index is 310. The summed E-state index contributed by atoms with van der Waals surface area (Å²) in [6, 6.07) is 0. The molecule has 4 saturated carbocycles. The molecule has 0 spiro atoms. The number of carboxylic acid groups (broad SMARTS) is 1. The maximum Gasteiger partial charge on any atom is 0.307 e. The van der Waals surface area contributed by atoms with Crippen LogP contribution in [0.2, 0.25) is 0 Å². The molecule has 0 aromatic carbocycles. The smallest absolute Gasteiger partial charge is 0.307 e. The molecule has 14 heavy (non-hydrogen) atoms. The number of rotatable bonds is 1. The molecule has 0 aromatic heterocycles. The van der Waals surface area contributed by atoms with E-state index in [1.54, 1.807) is 0 Å². The predicted octanol–water partition coefficient (Wildman–Crippen LogP) is 1.32. The van der Waals surface area contributed by atoms with Gasteiger partial charge in [-0.3, -0.25) is 9.59 Å². The van der Waals surface area contributed by atoms with E-state index in [1.165, 1.54) is 0 Å². The second-order valence-corrected chi connectivity index (χ2v) is 5.14. The average Bonchev–Trinajstić information content (AvgIpc) is 2.12. The molecule has 4 aliphatic carbocycles. The molecule has 4 fully saturated rings. The number of aliphatic carboxylic acids is 1. The van der Waals surface area contributed by atoms with Crippen molar-refractivity contribution in [3.63, 3.8) is 0 Å². The SMILES string of the molecule is O=C(O)[C@H]1[C@@H]2C[C@H]3C[C@@H](C2)C(=O)[C@@H]1C3. The second-order valence-electron chi connectivity index (χ2n) is 5.14. The molecule has 3 nitrogen and oxygen atoms in total. The van der Waals surface area contributed by atoms with E-state index in [9.17, 15) is 9.59 Å². The first-order valence-electron chi connectivity index (χ1n) is 5.43. The van der Waals surface area contributed by atoms with Gasteiger partial charge in [0.1, 0.15) is 5.78 Å². The van der Waals surface area contributed by atoms with Gasteiger partial charge < -0.3 is 5.11 Å². The zero-order valence-corrected chi connectivity index (χ0v) is 7.98. The number of Topliss-reactive ketones (excluding diaryl/α,β-unsaturated/α-hetero) is 1. The fourth-order valence-corrected chi connectivity index (χ4v) is 4.01. The highest BCUT2D eigenvalue weighted by atomic mass is 16.4. The molecule has 4 bridgehead atoms. The first-order chi connectivity index (χ1) is 6.66. The minimum absolute atomic E-state index is 0.135. The van der Waals surface area contributed by atoms with Crippen LogP contribution in [-0.4, -0.2) is 16.9 Å². The van der Waals surface area contributed by atoms with Gasteiger partial charge in [0.2, 0.25) is 0 Å². The van der Waals surface area contributed by atoms with Gasteiger partial charge in [0.15, 0.2) is 0 Å². The summed E-state index contributed by atoms with van der Waals surface area (Å²) >= 11 is 0. The summed E-state index contributed by atoms with van der Waals surface area (Å²) in [4.78, 5) is 22.9. The van der Waals surface area contributed by atoms with E-state index >= 15 is 0 Å². The first kappa shape index (κ1) is 8.45. The van der Waals surface area contributed by atoms with Crippen LogP contribution in [0.15, 0.2) is 0 Å². The summed E-state index contributed by atoms with van der Waals surface area (Å²) in [6.45, 7) is 0. The van der Waals surface area contributed by atoms with Gasteiger partial charge >= 0.3 is 5.97 Å². The Morgan fingerprint density at radius 1 is 1.21 bits per heavy atom. The normalized spacial score (nSPS) is 49.7. The van der Waals surface area contributed by atoms with Crippen LogP contribution in [-0.2, 0) is 9.59 Å². The molecule has 0 aliphatic heterocycles. The van der Waals surface area contributed by atoms with Crippen molar-refractivity contribution in [1.29, 1.82) is 0 Å². The third kappa shape index (κ3) is 0.928. The van der Waals surface area contributed by atoms with Crippen molar-refractivity contribution < 1.29 is 14.7 Å². The molecule has 4 rings (SSSR count). The molecule has 1 N–H and O–H groups in total. The molecule has 0 radical (unpaired) electrons. The summed E-state index contributed by atoms with van der Waals surface area (Å²) in [5.74, 6) is 0.189. The molecular formula is C11H14O3. The van der Waals surface area contributed by atoms with Gasteiger partial charge in [0.25, 0.3) is 0 Å². The van der Waals surface area contributed by atoms with Crippen molar-refractivity contribution in [3.05, 3.63) is 0 Å². The lowest BCUT2D eigenvalue weighted by Gasteiger charge is -2.51. The van der Waals surface area contributed by atoms with E-state index in [1.807, 2.05) is 0 Å². The molecule has 4 aliphatic rings. The minimum Gasteiger partial charge on any atom is -0.481 e. The molecule has 0 amide bonds. The number of ketones is 1. The van der Waals surface area contributed by atoms with E-state index in [-0.39, 0.29) is 23.5 Å². The third-order valence-electron chi connectivity index (χ3n) is 4.42. The maximum absolute atomic E-state index is 11.8. The van der Waals surface area contributed by atoms with Crippen molar-refractivity contribution >= 4 is 11.8 Å². The minimum atomic E-state index is -0.743. The Morgan fingerprint density at radius 2 is 2.00 bits per heavy atom. The Morgan fingerprint density at radius 3 is 2.71 bits per heavy atom. The highest BCUT2D eigenvalue weighted by Gasteiger charge is 2.55. The van der Waals surface area contributed by atoms with E-state index in [4.69, 9.17) is 5.11 Å². The molecule has 3 heteroatoms. The van der Waals surface area contributed by atoms with Crippen LogP contribution < -0.4 is 0 Å². The van der Waals surface area contributed by atoms with Gasteiger partial charge in [0.05, 0.1) is 5.92 Å². The number of carbonyl (C=O) groups excluding carboxylic acids is 1. The standard InChI is InChI=1S/C11H14O3/c12-10-7-2-5-1-6(4-7)9(11(13)14)8(10)3-5/h5-9H,1-4H2,(H,13,14)/t5-,6+,7-,8+,9-/m0/s1. The van der Waals surface area contributed by atoms with Crippen LogP contribution in [0, 0.1) is 29.6 Å². The van der Waals surface area contributed by atoms with Gasteiger partial charge in [-0.15, -0.1) is 0 Å². The summed E-state index contributed by atoms with van der Waals surface area (Å²) < 4.78 is 0. The van der Waals surface area contributed by atoms with Crippen LogP contribution in [0.1, 0.15) is 25.7 Å². The number of hydrogen-bond donors (Lipinski definition) is 1. The highest BCUT2D eigenvalue weighted by Crippen LogP contribution is 2.54. The fourth-order valence-electron chi connectivity index (χ4n) is 4.01. The molecule has 0 aromatic rings. The Hall–Kier alpha value is -0.860.